The molecule has 0 radical (unpaired) electrons. The number of imidazole rings is 1. The van der Waals surface area contributed by atoms with Crippen LogP contribution in [0, 0.1) is 0 Å². The van der Waals surface area contributed by atoms with Crippen molar-refractivity contribution in [2.24, 2.45) is 7.05 Å². The molecule has 6 nitrogen and oxygen atoms in total. The molecule has 0 atom stereocenters. The van der Waals surface area contributed by atoms with E-state index in [1.807, 2.05) is 19.0 Å². The second kappa shape index (κ2) is 5.42. The Morgan fingerprint density at radius 3 is 2.69 bits per heavy atom. The van der Waals surface area contributed by atoms with Gasteiger partial charge >= 0.3 is 0 Å². The van der Waals surface area contributed by atoms with Crippen molar-refractivity contribution in [3.63, 3.8) is 0 Å². The molecule has 0 fully saturated rings. The van der Waals surface area contributed by atoms with E-state index in [2.05, 4.69) is 9.71 Å². The Morgan fingerprint density at radius 1 is 1.50 bits per heavy atom. The number of hydrogen-bond acceptors (Lipinski definition) is 4. The van der Waals surface area contributed by atoms with Gasteiger partial charge in [-0.25, -0.2) is 18.1 Å². The number of nitrogens with zero attached hydrogens (tertiary/aromatic N) is 3. The summed E-state index contributed by atoms with van der Waals surface area (Å²) in [7, 11) is 2.20. The van der Waals surface area contributed by atoms with Crippen molar-refractivity contribution in [1.82, 2.24) is 19.2 Å². The Morgan fingerprint density at radius 2 is 2.19 bits per heavy atom. The summed E-state index contributed by atoms with van der Waals surface area (Å²) in [6, 6.07) is 0. The van der Waals surface area contributed by atoms with Crippen LogP contribution in [0.5, 0.6) is 0 Å². The lowest BCUT2D eigenvalue weighted by molar-refractivity contribution is 0.400. The Balaban J connectivity index is 2.47. The van der Waals surface area contributed by atoms with Crippen molar-refractivity contribution in [2.45, 2.75) is 11.4 Å². The molecule has 16 heavy (non-hydrogen) atoms. The molecule has 1 N–H and O–H groups in total. The fourth-order valence-electron chi connectivity index (χ4n) is 1.20. The quantitative estimate of drug-likeness (QED) is 0.697. The maximum Gasteiger partial charge on any atom is 0.259 e. The molecule has 1 rings (SSSR count). The minimum atomic E-state index is -3.44. The number of sulfonamides is 1. The van der Waals surface area contributed by atoms with E-state index in [0.29, 0.717) is 6.54 Å². The lowest BCUT2D eigenvalue weighted by atomic mass is 10.4. The van der Waals surface area contributed by atoms with Gasteiger partial charge in [-0.1, -0.05) is 0 Å². The highest BCUT2D eigenvalue weighted by Gasteiger charge is 2.15. The van der Waals surface area contributed by atoms with E-state index in [1.54, 1.807) is 11.6 Å². The van der Waals surface area contributed by atoms with Gasteiger partial charge in [0.05, 0.1) is 6.33 Å². The first-order valence-corrected chi connectivity index (χ1v) is 6.52. The van der Waals surface area contributed by atoms with Gasteiger partial charge in [-0.05, 0) is 27.1 Å². The molecule has 0 amide bonds. The summed E-state index contributed by atoms with van der Waals surface area (Å²) in [5, 5.41) is 0.0693. The van der Waals surface area contributed by atoms with Gasteiger partial charge in [-0.15, -0.1) is 0 Å². The van der Waals surface area contributed by atoms with Crippen molar-refractivity contribution >= 4 is 10.0 Å². The van der Waals surface area contributed by atoms with E-state index in [-0.39, 0.29) is 5.03 Å². The summed E-state index contributed by atoms with van der Waals surface area (Å²) >= 11 is 0. The topological polar surface area (TPSA) is 67.2 Å². The van der Waals surface area contributed by atoms with Gasteiger partial charge in [0.1, 0.15) is 0 Å². The van der Waals surface area contributed by atoms with Crippen LogP contribution in [-0.4, -0.2) is 50.1 Å². The van der Waals surface area contributed by atoms with Crippen LogP contribution in [0.15, 0.2) is 17.6 Å². The van der Waals surface area contributed by atoms with E-state index >= 15 is 0 Å². The molecule has 0 aromatic carbocycles. The summed E-state index contributed by atoms with van der Waals surface area (Å²) < 4.78 is 27.5. The van der Waals surface area contributed by atoms with Crippen molar-refractivity contribution in [2.75, 3.05) is 27.2 Å². The highest BCUT2D eigenvalue weighted by atomic mass is 32.2. The number of nitrogens with one attached hydrogen (secondary N) is 1. The summed E-state index contributed by atoms with van der Waals surface area (Å²) in [6.07, 6.45) is 3.72. The van der Waals surface area contributed by atoms with Gasteiger partial charge in [0.2, 0.25) is 0 Å². The van der Waals surface area contributed by atoms with Crippen LogP contribution in [0.3, 0.4) is 0 Å². The van der Waals surface area contributed by atoms with Gasteiger partial charge in [0.15, 0.2) is 5.03 Å². The van der Waals surface area contributed by atoms with Gasteiger partial charge in [-0.3, -0.25) is 0 Å². The molecule has 7 heteroatoms. The van der Waals surface area contributed by atoms with Gasteiger partial charge in [0, 0.05) is 19.8 Å². The minimum absolute atomic E-state index is 0.0693. The molecule has 0 bridgehead atoms. The molecule has 0 saturated heterocycles. The second-order valence-electron chi connectivity index (χ2n) is 3.93. The first kappa shape index (κ1) is 13.1. The van der Waals surface area contributed by atoms with E-state index in [1.165, 1.54) is 12.5 Å². The lowest BCUT2D eigenvalue weighted by Gasteiger charge is -2.09. The van der Waals surface area contributed by atoms with E-state index in [0.717, 1.165) is 13.0 Å². The average molecular weight is 246 g/mol. The molecule has 0 aliphatic rings. The Bertz CT molecular complexity index is 424. The lowest BCUT2D eigenvalue weighted by Crippen LogP contribution is -2.27. The average Bonchev–Trinajstić information content (AvgIpc) is 2.60. The number of aryl methyl sites for hydroxylation is 1. The highest BCUT2D eigenvalue weighted by molar-refractivity contribution is 7.89. The van der Waals surface area contributed by atoms with Crippen molar-refractivity contribution in [3.8, 4) is 0 Å². The van der Waals surface area contributed by atoms with Crippen LogP contribution in [0.4, 0.5) is 0 Å². The molecule has 0 saturated carbocycles. The van der Waals surface area contributed by atoms with E-state index < -0.39 is 10.0 Å². The van der Waals surface area contributed by atoms with Crippen LogP contribution in [0.2, 0.25) is 0 Å². The third-order valence-electron chi connectivity index (χ3n) is 2.03. The predicted molar refractivity (Wildman–Crippen MR) is 61.6 cm³/mol. The molecule has 1 aromatic heterocycles. The fraction of sp³-hybridized carbons (Fsp3) is 0.667. The number of aromatic nitrogens is 2. The predicted octanol–water partition coefficient (Wildman–Crippen LogP) is -0.350. The van der Waals surface area contributed by atoms with Crippen molar-refractivity contribution in [1.29, 1.82) is 0 Å². The Kier molecular flexibility index (Phi) is 4.45. The van der Waals surface area contributed by atoms with Crippen molar-refractivity contribution < 1.29 is 8.42 Å². The molecule has 92 valence electrons. The summed E-state index contributed by atoms with van der Waals surface area (Å²) in [5.41, 5.74) is 0. The fourth-order valence-corrected chi connectivity index (χ4v) is 2.26. The van der Waals surface area contributed by atoms with Gasteiger partial charge in [0.25, 0.3) is 10.0 Å². The van der Waals surface area contributed by atoms with Gasteiger partial charge in [-0.2, -0.15) is 0 Å². The third-order valence-corrected chi connectivity index (χ3v) is 3.38. The summed E-state index contributed by atoms with van der Waals surface area (Å²) in [6.45, 7) is 1.28. The zero-order valence-electron chi connectivity index (χ0n) is 9.84. The van der Waals surface area contributed by atoms with Crippen molar-refractivity contribution in [3.05, 3.63) is 12.5 Å². The molecule has 0 aliphatic carbocycles. The molecular formula is C9H18N4O2S. The molecule has 1 aromatic rings. The smallest absolute Gasteiger partial charge is 0.259 e. The van der Waals surface area contributed by atoms with E-state index in [9.17, 15) is 8.42 Å². The normalized spacial score (nSPS) is 12.2. The van der Waals surface area contributed by atoms with Crippen LogP contribution < -0.4 is 4.72 Å². The number of rotatable bonds is 6. The molecule has 1 heterocycles. The second-order valence-corrected chi connectivity index (χ2v) is 5.65. The first-order chi connectivity index (χ1) is 7.42. The zero-order valence-corrected chi connectivity index (χ0v) is 10.7. The third kappa shape index (κ3) is 3.92. The Labute approximate surface area is 96.3 Å². The van der Waals surface area contributed by atoms with Crippen LogP contribution in [-0.2, 0) is 17.1 Å². The first-order valence-electron chi connectivity index (χ1n) is 5.04. The van der Waals surface area contributed by atoms with Crippen LogP contribution >= 0.6 is 0 Å². The molecule has 0 spiro atoms. The van der Waals surface area contributed by atoms with Gasteiger partial charge < -0.3 is 9.47 Å². The Hall–Kier alpha value is -0.920. The zero-order chi connectivity index (χ0) is 12.2. The number of hydrogen-bond donors (Lipinski definition) is 1. The maximum absolute atomic E-state index is 11.7. The summed E-state index contributed by atoms with van der Waals surface area (Å²) in [4.78, 5) is 5.81. The highest BCUT2D eigenvalue weighted by Crippen LogP contribution is 2.03. The van der Waals surface area contributed by atoms with Crippen LogP contribution in [0.25, 0.3) is 0 Å². The largest absolute Gasteiger partial charge is 0.339 e. The summed E-state index contributed by atoms with van der Waals surface area (Å²) in [5.74, 6) is 0. The monoisotopic (exact) mass is 246 g/mol. The van der Waals surface area contributed by atoms with E-state index in [4.69, 9.17) is 0 Å². The molecule has 0 aliphatic heterocycles. The molecular weight excluding hydrogens is 228 g/mol. The van der Waals surface area contributed by atoms with Crippen LogP contribution in [0.1, 0.15) is 6.42 Å². The SMILES string of the molecule is CN(C)CCCNS(=O)(=O)c1cn(C)cn1. The standard InChI is InChI=1S/C9H18N4O2S/c1-12(2)6-4-5-11-16(14,15)9-7-13(3)8-10-9/h7-8,11H,4-6H2,1-3H3. The molecule has 0 unspecified atom stereocenters. The maximum atomic E-state index is 11.7. The minimum Gasteiger partial charge on any atom is -0.339 e.